The van der Waals surface area contributed by atoms with Crippen LogP contribution in [-0.4, -0.2) is 28.8 Å². The fourth-order valence-electron chi connectivity index (χ4n) is 3.52. The van der Waals surface area contributed by atoms with Crippen molar-refractivity contribution >= 4 is 11.8 Å². The summed E-state index contributed by atoms with van der Waals surface area (Å²) in [6.45, 7) is 4.59. The van der Waals surface area contributed by atoms with Gasteiger partial charge in [-0.2, -0.15) is 0 Å². The minimum atomic E-state index is -1.04. The zero-order chi connectivity index (χ0) is 19.3. The van der Waals surface area contributed by atoms with Gasteiger partial charge >= 0.3 is 0 Å². The number of nitrogens with one attached hydrogen (secondary N) is 1. The van der Waals surface area contributed by atoms with Crippen molar-refractivity contribution in [3.8, 4) is 0 Å². The highest BCUT2D eigenvalue weighted by Gasteiger charge is 2.46. The molecule has 0 spiro atoms. The third-order valence-corrected chi connectivity index (χ3v) is 5.11. The molecule has 0 radical (unpaired) electrons. The first-order chi connectivity index (χ1) is 13.1. The van der Waals surface area contributed by atoms with E-state index in [0.29, 0.717) is 12.1 Å². The number of benzene rings is 2. The van der Waals surface area contributed by atoms with Gasteiger partial charge in [0.15, 0.2) is 0 Å². The van der Waals surface area contributed by atoms with Gasteiger partial charge in [0.25, 0.3) is 11.8 Å². The van der Waals surface area contributed by atoms with E-state index in [2.05, 4.69) is 12.2 Å². The van der Waals surface area contributed by atoms with E-state index in [9.17, 15) is 9.59 Å². The fourth-order valence-corrected chi connectivity index (χ4v) is 3.52. The van der Waals surface area contributed by atoms with Gasteiger partial charge in [-0.1, -0.05) is 68.0 Å². The van der Waals surface area contributed by atoms with Gasteiger partial charge in [0.1, 0.15) is 5.54 Å². The number of rotatable bonds is 6. The van der Waals surface area contributed by atoms with Crippen LogP contribution in [0.4, 0.5) is 0 Å². The Labute approximate surface area is 160 Å². The highest BCUT2D eigenvalue weighted by molar-refractivity contribution is 6.00. The van der Waals surface area contributed by atoms with Crippen LogP contribution in [0.2, 0.25) is 0 Å². The molecule has 0 aromatic heterocycles. The van der Waals surface area contributed by atoms with E-state index in [0.717, 1.165) is 18.4 Å². The Bertz CT molecular complexity index is 817. The Morgan fingerprint density at radius 3 is 2.33 bits per heavy atom. The lowest BCUT2D eigenvalue weighted by molar-refractivity contribution is -0.136. The lowest BCUT2D eigenvalue weighted by Crippen LogP contribution is -2.61. The minimum Gasteiger partial charge on any atom is -0.337 e. The molecule has 2 aromatic carbocycles. The quantitative estimate of drug-likeness (QED) is 0.840. The number of unbranched alkanes of at least 4 members (excludes halogenated alkanes) is 1. The van der Waals surface area contributed by atoms with Crippen molar-refractivity contribution < 1.29 is 9.59 Å². The molecule has 140 valence electrons. The fraction of sp³-hybridized carbons (Fsp3) is 0.304. The molecule has 2 atom stereocenters. The Morgan fingerprint density at radius 2 is 1.70 bits per heavy atom. The summed E-state index contributed by atoms with van der Waals surface area (Å²) in [5.74, 6) is -0.536. The van der Waals surface area contributed by atoms with E-state index in [-0.39, 0.29) is 17.7 Å². The summed E-state index contributed by atoms with van der Waals surface area (Å²) in [5, 5.41) is 3.03. The van der Waals surface area contributed by atoms with E-state index in [4.69, 9.17) is 0 Å². The van der Waals surface area contributed by atoms with Crippen molar-refractivity contribution in [2.75, 3.05) is 6.54 Å². The third kappa shape index (κ3) is 3.95. The van der Waals surface area contributed by atoms with Gasteiger partial charge in [0.2, 0.25) is 0 Å². The molecule has 0 aliphatic carbocycles. The maximum Gasteiger partial charge on any atom is 0.252 e. The van der Waals surface area contributed by atoms with Crippen LogP contribution in [-0.2, 0) is 4.79 Å². The van der Waals surface area contributed by atoms with Crippen molar-refractivity contribution in [3.63, 3.8) is 0 Å². The first-order valence-corrected chi connectivity index (χ1v) is 9.48. The molecule has 3 rings (SSSR count). The summed E-state index contributed by atoms with van der Waals surface area (Å²) in [4.78, 5) is 27.9. The van der Waals surface area contributed by atoms with Gasteiger partial charge in [0, 0.05) is 24.2 Å². The van der Waals surface area contributed by atoms with Crippen LogP contribution in [0.3, 0.4) is 0 Å². The molecule has 0 unspecified atom stereocenters. The maximum absolute atomic E-state index is 13.4. The second-order valence-electron chi connectivity index (χ2n) is 7.10. The molecule has 2 amide bonds. The summed E-state index contributed by atoms with van der Waals surface area (Å²) in [7, 11) is 0. The molecular formula is C23H26N2O2. The Kier molecular flexibility index (Phi) is 5.75. The average molecular weight is 362 g/mol. The van der Waals surface area contributed by atoms with E-state index in [1.807, 2.05) is 67.7 Å². The van der Waals surface area contributed by atoms with Crippen LogP contribution in [0.25, 0.3) is 0 Å². The molecule has 27 heavy (non-hydrogen) atoms. The zero-order valence-electron chi connectivity index (χ0n) is 15.9. The summed E-state index contributed by atoms with van der Waals surface area (Å²) in [5.41, 5.74) is 0.512. The Hall–Kier alpha value is -2.88. The van der Waals surface area contributed by atoms with Gasteiger partial charge in [-0.05, 0) is 31.0 Å². The minimum absolute atomic E-state index is 0.0726. The highest BCUT2D eigenvalue weighted by atomic mass is 16.2. The first kappa shape index (κ1) is 18.9. The van der Waals surface area contributed by atoms with Crippen molar-refractivity contribution in [2.24, 2.45) is 0 Å². The molecule has 4 heteroatoms. The molecular weight excluding hydrogens is 336 g/mol. The summed E-state index contributed by atoms with van der Waals surface area (Å²) < 4.78 is 0. The summed E-state index contributed by atoms with van der Waals surface area (Å²) >= 11 is 0. The van der Waals surface area contributed by atoms with Crippen LogP contribution in [0.15, 0.2) is 72.9 Å². The predicted molar refractivity (Wildman–Crippen MR) is 107 cm³/mol. The number of hydrogen-bond acceptors (Lipinski definition) is 2. The number of carbonyl (C=O) groups is 2. The lowest BCUT2D eigenvalue weighted by Gasteiger charge is -2.42. The van der Waals surface area contributed by atoms with E-state index in [1.54, 1.807) is 17.0 Å². The second kappa shape index (κ2) is 8.21. The molecule has 4 nitrogen and oxygen atoms in total. The molecule has 1 aliphatic heterocycles. The second-order valence-corrected chi connectivity index (χ2v) is 7.10. The van der Waals surface area contributed by atoms with Gasteiger partial charge in [-0.15, -0.1) is 0 Å². The molecule has 0 bridgehead atoms. The monoisotopic (exact) mass is 362 g/mol. The normalized spacial score (nSPS) is 21.9. The molecule has 0 fully saturated rings. The van der Waals surface area contributed by atoms with Gasteiger partial charge in [-0.3, -0.25) is 9.59 Å². The summed E-state index contributed by atoms with van der Waals surface area (Å²) in [6, 6.07) is 18.9. The molecule has 2 aromatic rings. The predicted octanol–water partition coefficient (Wildman–Crippen LogP) is 4.11. The first-order valence-electron chi connectivity index (χ1n) is 9.48. The lowest BCUT2D eigenvalue weighted by atomic mass is 9.77. The largest absolute Gasteiger partial charge is 0.337 e. The standard InChI is InChI=1S/C23H26N2O2/c1-3-4-16-25-17-15-20(18-11-7-5-8-12-18)23(2,22(25)27)24-21(26)19-13-9-6-10-14-19/h5-15,17,20H,3-4,16H2,1-2H3,(H,24,26)/t20-,23-/m1/s1. The highest BCUT2D eigenvalue weighted by Crippen LogP contribution is 2.35. The molecule has 1 N–H and O–H groups in total. The number of carbonyl (C=O) groups excluding carboxylic acids is 2. The van der Waals surface area contributed by atoms with Crippen LogP contribution < -0.4 is 5.32 Å². The van der Waals surface area contributed by atoms with Gasteiger partial charge in [-0.25, -0.2) is 0 Å². The van der Waals surface area contributed by atoms with Crippen molar-refractivity contribution in [2.45, 2.75) is 38.1 Å². The van der Waals surface area contributed by atoms with Gasteiger partial charge < -0.3 is 10.2 Å². The van der Waals surface area contributed by atoms with Crippen molar-refractivity contribution in [1.29, 1.82) is 0 Å². The smallest absolute Gasteiger partial charge is 0.252 e. The number of hydrogen-bond donors (Lipinski definition) is 1. The topological polar surface area (TPSA) is 49.4 Å². The molecule has 1 aliphatic rings. The number of amides is 2. The van der Waals surface area contributed by atoms with Crippen LogP contribution in [0.5, 0.6) is 0 Å². The number of nitrogens with zero attached hydrogens (tertiary/aromatic N) is 1. The maximum atomic E-state index is 13.4. The van der Waals surface area contributed by atoms with Gasteiger partial charge in [0.05, 0.1) is 0 Å². The third-order valence-electron chi connectivity index (χ3n) is 5.11. The SMILES string of the molecule is CCCCN1C=C[C@H](c2ccccc2)[C@@](C)(NC(=O)c2ccccc2)C1=O. The van der Waals surface area contributed by atoms with E-state index >= 15 is 0 Å². The summed E-state index contributed by atoms with van der Waals surface area (Å²) in [6.07, 6.45) is 5.82. The molecule has 1 heterocycles. The molecule has 0 saturated carbocycles. The average Bonchev–Trinajstić information content (AvgIpc) is 2.70. The zero-order valence-corrected chi connectivity index (χ0v) is 15.9. The Balaban J connectivity index is 1.96. The van der Waals surface area contributed by atoms with Crippen molar-refractivity contribution in [3.05, 3.63) is 84.1 Å². The van der Waals surface area contributed by atoms with Crippen molar-refractivity contribution in [1.82, 2.24) is 10.2 Å². The van der Waals surface area contributed by atoms with E-state index in [1.165, 1.54) is 0 Å². The Morgan fingerprint density at radius 1 is 1.07 bits per heavy atom. The molecule has 0 saturated heterocycles. The van der Waals surface area contributed by atoms with Crippen LogP contribution >= 0.6 is 0 Å². The van der Waals surface area contributed by atoms with Crippen LogP contribution in [0, 0.1) is 0 Å². The van der Waals surface area contributed by atoms with Crippen LogP contribution in [0.1, 0.15) is 48.5 Å². The van der Waals surface area contributed by atoms with E-state index < -0.39 is 5.54 Å².